The second-order valence-corrected chi connectivity index (χ2v) is 6.60. The number of hydrogen-bond donors (Lipinski definition) is 2. The van der Waals surface area contributed by atoms with Crippen LogP contribution in [0.25, 0.3) is 0 Å². The van der Waals surface area contributed by atoms with Gasteiger partial charge in [0, 0.05) is 29.8 Å². The molecular weight excluding hydrogens is 342 g/mol. The van der Waals surface area contributed by atoms with Crippen molar-refractivity contribution in [1.82, 2.24) is 10.5 Å². The molecule has 2 N–H and O–H groups in total. The van der Waals surface area contributed by atoms with E-state index in [2.05, 4.69) is 34.0 Å². The number of methoxy groups -OCH3 is 1. The highest BCUT2D eigenvalue weighted by Crippen LogP contribution is 2.26. The maximum absolute atomic E-state index is 12.2. The molecule has 0 radical (unpaired) electrons. The van der Waals surface area contributed by atoms with E-state index < -0.39 is 0 Å². The molecule has 6 nitrogen and oxygen atoms in total. The molecule has 1 amide bonds. The van der Waals surface area contributed by atoms with Crippen molar-refractivity contribution >= 4 is 11.6 Å². The number of nitrogens with one attached hydrogen (secondary N) is 2. The van der Waals surface area contributed by atoms with E-state index >= 15 is 0 Å². The zero-order valence-corrected chi connectivity index (χ0v) is 15.1. The molecule has 1 atom stereocenters. The van der Waals surface area contributed by atoms with E-state index in [9.17, 15) is 4.79 Å². The average Bonchev–Trinajstić information content (AvgIpc) is 3.32. The normalized spacial score (nSPS) is 15.1. The first kappa shape index (κ1) is 17.1. The van der Waals surface area contributed by atoms with Crippen molar-refractivity contribution in [1.29, 1.82) is 0 Å². The Kier molecular flexibility index (Phi) is 4.78. The lowest BCUT2D eigenvalue weighted by Gasteiger charge is -2.08. The van der Waals surface area contributed by atoms with E-state index in [1.54, 1.807) is 31.4 Å². The van der Waals surface area contributed by atoms with Crippen molar-refractivity contribution in [2.45, 2.75) is 25.4 Å². The first-order valence-corrected chi connectivity index (χ1v) is 8.92. The van der Waals surface area contributed by atoms with Gasteiger partial charge in [0.25, 0.3) is 5.91 Å². The van der Waals surface area contributed by atoms with Gasteiger partial charge in [-0.15, -0.1) is 0 Å². The second-order valence-electron chi connectivity index (χ2n) is 6.60. The number of benzene rings is 2. The number of nitrogens with zero attached hydrogens (tertiary/aromatic N) is 1. The summed E-state index contributed by atoms with van der Waals surface area (Å²) in [6.07, 6.45) is 1.76. The average molecular weight is 363 g/mol. The van der Waals surface area contributed by atoms with Gasteiger partial charge in [0.15, 0.2) is 5.76 Å². The van der Waals surface area contributed by atoms with Crippen molar-refractivity contribution in [3.8, 4) is 5.75 Å². The molecule has 0 fully saturated rings. The van der Waals surface area contributed by atoms with E-state index in [0.29, 0.717) is 29.7 Å². The standard InChI is InChI=1S/C21H21N3O3/c1-26-18-8-6-14(7-9-18)21(25)22-13-19-12-17(24-27-19)11-16-10-15-4-2-3-5-20(15)23-16/h2-9,12,16,23H,10-11,13H2,1H3,(H,22,25). The van der Waals surface area contributed by atoms with Gasteiger partial charge in [-0.1, -0.05) is 23.4 Å². The summed E-state index contributed by atoms with van der Waals surface area (Å²) in [5.41, 5.74) is 3.98. The highest BCUT2D eigenvalue weighted by atomic mass is 16.5. The van der Waals surface area contributed by atoms with Crippen LogP contribution in [0.15, 0.2) is 59.1 Å². The molecule has 0 aliphatic carbocycles. The molecule has 0 spiro atoms. The molecule has 1 aliphatic rings. The smallest absolute Gasteiger partial charge is 0.251 e. The largest absolute Gasteiger partial charge is 0.497 e. The third kappa shape index (κ3) is 3.95. The SMILES string of the molecule is COc1ccc(C(=O)NCc2cc(CC3Cc4ccccc4N3)no2)cc1. The number of hydrogen-bond acceptors (Lipinski definition) is 5. The van der Waals surface area contributed by atoms with E-state index in [1.807, 2.05) is 12.1 Å². The van der Waals surface area contributed by atoms with Crippen molar-refractivity contribution < 1.29 is 14.1 Å². The molecule has 1 aliphatic heterocycles. The Labute approximate surface area is 157 Å². The molecule has 1 unspecified atom stereocenters. The third-order valence-corrected chi connectivity index (χ3v) is 4.68. The van der Waals surface area contributed by atoms with Crippen LogP contribution in [0.2, 0.25) is 0 Å². The summed E-state index contributed by atoms with van der Waals surface area (Å²) in [6.45, 7) is 0.302. The quantitative estimate of drug-likeness (QED) is 0.703. The van der Waals surface area contributed by atoms with Gasteiger partial charge in [-0.25, -0.2) is 0 Å². The molecule has 138 valence electrons. The van der Waals surface area contributed by atoms with Crippen molar-refractivity contribution in [2.75, 3.05) is 12.4 Å². The van der Waals surface area contributed by atoms with Crippen LogP contribution in [0, 0.1) is 0 Å². The third-order valence-electron chi connectivity index (χ3n) is 4.68. The number of ether oxygens (including phenoxy) is 1. The molecule has 0 saturated heterocycles. The van der Waals surface area contributed by atoms with Gasteiger partial charge < -0.3 is 19.9 Å². The van der Waals surface area contributed by atoms with E-state index in [1.165, 1.54) is 11.3 Å². The van der Waals surface area contributed by atoms with Crippen LogP contribution in [0.5, 0.6) is 5.75 Å². The van der Waals surface area contributed by atoms with Gasteiger partial charge in [-0.3, -0.25) is 4.79 Å². The summed E-state index contributed by atoms with van der Waals surface area (Å²) in [6, 6.07) is 17.5. The Morgan fingerprint density at radius 2 is 2.07 bits per heavy atom. The fourth-order valence-electron chi connectivity index (χ4n) is 3.30. The van der Waals surface area contributed by atoms with Gasteiger partial charge in [0.2, 0.25) is 0 Å². The van der Waals surface area contributed by atoms with Gasteiger partial charge in [0.1, 0.15) is 5.75 Å². The van der Waals surface area contributed by atoms with Crippen molar-refractivity contribution in [3.05, 3.63) is 77.2 Å². The fraction of sp³-hybridized carbons (Fsp3) is 0.238. The molecule has 1 aromatic heterocycles. The van der Waals surface area contributed by atoms with E-state index in [0.717, 1.165) is 18.5 Å². The molecule has 2 heterocycles. The minimum Gasteiger partial charge on any atom is -0.497 e. The Morgan fingerprint density at radius 3 is 2.85 bits per heavy atom. The van der Waals surface area contributed by atoms with Crippen LogP contribution < -0.4 is 15.4 Å². The molecule has 2 aromatic carbocycles. The van der Waals surface area contributed by atoms with E-state index in [-0.39, 0.29) is 5.91 Å². The summed E-state index contributed by atoms with van der Waals surface area (Å²) in [4.78, 5) is 12.2. The summed E-state index contributed by atoms with van der Waals surface area (Å²) >= 11 is 0. The number of para-hydroxylation sites is 1. The van der Waals surface area contributed by atoms with Gasteiger partial charge in [-0.2, -0.15) is 0 Å². The lowest BCUT2D eigenvalue weighted by atomic mass is 10.1. The van der Waals surface area contributed by atoms with Crippen LogP contribution in [0.1, 0.15) is 27.4 Å². The second kappa shape index (κ2) is 7.53. The molecule has 0 bridgehead atoms. The number of rotatable bonds is 6. The maximum Gasteiger partial charge on any atom is 0.251 e. The molecule has 3 aromatic rings. The highest BCUT2D eigenvalue weighted by Gasteiger charge is 2.21. The molecule has 6 heteroatoms. The Hall–Kier alpha value is -3.28. The van der Waals surface area contributed by atoms with Crippen LogP contribution in [-0.2, 0) is 19.4 Å². The van der Waals surface area contributed by atoms with Crippen molar-refractivity contribution in [2.24, 2.45) is 0 Å². The number of fused-ring (bicyclic) bond motifs is 1. The maximum atomic E-state index is 12.2. The Bertz CT molecular complexity index is 909. The number of amides is 1. The lowest BCUT2D eigenvalue weighted by molar-refractivity contribution is 0.0947. The van der Waals surface area contributed by atoms with Crippen LogP contribution >= 0.6 is 0 Å². The van der Waals surface area contributed by atoms with Crippen molar-refractivity contribution in [3.63, 3.8) is 0 Å². The number of anilines is 1. The highest BCUT2D eigenvalue weighted by molar-refractivity contribution is 5.94. The molecule has 27 heavy (non-hydrogen) atoms. The van der Waals surface area contributed by atoms with Gasteiger partial charge in [-0.05, 0) is 42.3 Å². The van der Waals surface area contributed by atoms with Crippen LogP contribution in [0.4, 0.5) is 5.69 Å². The molecule has 0 saturated carbocycles. The molecule has 4 rings (SSSR count). The van der Waals surface area contributed by atoms with Gasteiger partial charge >= 0.3 is 0 Å². The lowest BCUT2D eigenvalue weighted by Crippen LogP contribution is -2.22. The van der Waals surface area contributed by atoms with Gasteiger partial charge in [0.05, 0.1) is 19.3 Å². The minimum atomic E-state index is -0.163. The Balaban J connectivity index is 1.30. The van der Waals surface area contributed by atoms with E-state index in [4.69, 9.17) is 9.26 Å². The minimum absolute atomic E-state index is 0.163. The summed E-state index contributed by atoms with van der Waals surface area (Å²) in [5, 5.41) is 10.5. The number of carbonyl (C=O) groups excluding carboxylic acids is 1. The first-order valence-electron chi connectivity index (χ1n) is 8.92. The topological polar surface area (TPSA) is 76.4 Å². The molecular formula is C21H21N3O3. The Morgan fingerprint density at radius 1 is 1.26 bits per heavy atom. The summed E-state index contributed by atoms with van der Waals surface area (Å²) in [5.74, 6) is 1.19. The first-order chi connectivity index (χ1) is 13.2. The summed E-state index contributed by atoms with van der Waals surface area (Å²) in [7, 11) is 1.59. The van der Waals surface area contributed by atoms with Crippen LogP contribution in [0.3, 0.4) is 0 Å². The number of carbonyl (C=O) groups is 1. The summed E-state index contributed by atoms with van der Waals surface area (Å²) < 4.78 is 10.5. The predicted octanol–water partition coefficient (Wildman–Crippen LogP) is 3.19. The van der Waals surface area contributed by atoms with Crippen LogP contribution in [-0.4, -0.2) is 24.2 Å². The monoisotopic (exact) mass is 363 g/mol. The zero-order valence-electron chi connectivity index (χ0n) is 15.1. The predicted molar refractivity (Wildman–Crippen MR) is 102 cm³/mol. The fourth-order valence-corrected chi connectivity index (χ4v) is 3.30. The number of aromatic nitrogens is 1. The zero-order chi connectivity index (χ0) is 18.6.